The van der Waals surface area contributed by atoms with E-state index in [0.717, 1.165) is 49.7 Å². The number of nitrogen functional groups attached to an aromatic ring is 1. The summed E-state index contributed by atoms with van der Waals surface area (Å²) in [5, 5.41) is 4.53. The Bertz CT molecular complexity index is 402. The van der Waals surface area contributed by atoms with Crippen LogP contribution in [0.5, 0.6) is 0 Å². The minimum Gasteiger partial charge on any atom is -0.394 e. The van der Waals surface area contributed by atoms with Gasteiger partial charge < -0.3 is 15.4 Å². The molecule has 102 valence electrons. The van der Waals surface area contributed by atoms with Crippen molar-refractivity contribution in [3.8, 4) is 0 Å². The summed E-state index contributed by atoms with van der Waals surface area (Å²) in [6.45, 7) is 5.04. The molecular formula is C13H24N4O. The molecule has 5 heteroatoms. The van der Waals surface area contributed by atoms with Crippen molar-refractivity contribution < 1.29 is 4.74 Å². The molecule has 0 spiro atoms. The highest BCUT2D eigenvalue weighted by Gasteiger charge is 2.27. The predicted molar refractivity (Wildman–Crippen MR) is 73.8 cm³/mol. The van der Waals surface area contributed by atoms with Crippen LogP contribution >= 0.6 is 0 Å². The van der Waals surface area contributed by atoms with Gasteiger partial charge in [-0.1, -0.05) is 13.3 Å². The number of aryl methyl sites for hydroxylation is 2. The maximum absolute atomic E-state index is 6.23. The van der Waals surface area contributed by atoms with Crippen molar-refractivity contribution in [1.82, 2.24) is 9.78 Å². The third kappa shape index (κ3) is 2.46. The number of aromatic nitrogens is 2. The van der Waals surface area contributed by atoms with Gasteiger partial charge in [0.05, 0.1) is 18.0 Å². The highest BCUT2D eigenvalue weighted by molar-refractivity contribution is 5.66. The molecule has 0 radical (unpaired) electrons. The molecule has 2 rings (SSSR count). The predicted octanol–water partition coefficient (Wildman–Crippen LogP) is 1.43. The second-order valence-electron chi connectivity index (χ2n) is 5.11. The van der Waals surface area contributed by atoms with Gasteiger partial charge in [0.1, 0.15) is 5.82 Å². The first-order valence-corrected chi connectivity index (χ1v) is 6.72. The molecule has 1 aliphatic rings. The first-order valence-electron chi connectivity index (χ1n) is 6.72. The Hall–Kier alpha value is -1.23. The lowest BCUT2D eigenvalue weighted by Crippen LogP contribution is -2.24. The summed E-state index contributed by atoms with van der Waals surface area (Å²) in [5.74, 6) is 1.69. The van der Waals surface area contributed by atoms with Crippen LogP contribution in [0.2, 0.25) is 0 Å². The summed E-state index contributed by atoms with van der Waals surface area (Å²) in [4.78, 5) is 2.34. The molecule has 1 saturated heterocycles. The number of anilines is 2. The van der Waals surface area contributed by atoms with Crippen molar-refractivity contribution in [3.63, 3.8) is 0 Å². The van der Waals surface area contributed by atoms with E-state index in [0.29, 0.717) is 5.92 Å². The zero-order chi connectivity index (χ0) is 13.1. The van der Waals surface area contributed by atoms with Gasteiger partial charge in [-0.05, 0) is 12.8 Å². The Balaban J connectivity index is 2.14. The average Bonchev–Trinajstić information content (AvgIpc) is 2.87. The minimum absolute atomic E-state index is 0.610. The maximum Gasteiger partial charge on any atom is 0.150 e. The van der Waals surface area contributed by atoms with Gasteiger partial charge in [0.2, 0.25) is 0 Å². The van der Waals surface area contributed by atoms with Crippen molar-refractivity contribution in [1.29, 1.82) is 0 Å². The van der Waals surface area contributed by atoms with Crippen molar-refractivity contribution in [2.24, 2.45) is 13.0 Å². The minimum atomic E-state index is 0.610. The maximum atomic E-state index is 6.23. The lowest BCUT2D eigenvalue weighted by Gasteiger charge is -2.19. The third-order valence-corrected chi connectivity index (χ3v) is 3.60. The van der Waals surface area contributed by atoms with Crippen LogP contribution in [0.25, 0.3) is 0 Å². The number of rotatable bonds is 5. The molecule has 0 aliphatic carbocycles. The first-order chi connectivity index (χ1) is 8.67. The summed E-state index contributed by atoms with van der Waals surface area (Å²) in [5.41, 5.74) is 8.12. The summed E-state index contributed by atoms with van der Waals surface area (Å²) in [7, 11) is 3.74. The highest BCUT2D eigenvalue weighted by atomic mass is 16.5. The number of methoxy groups -OCH3 is 1. The van der Waals surface area contributed by atoms with Crippen LogP contribution in [-0.4, -0.2) is 36.6 Å². The van der Waals surface area contributed by atoms with Crippen LogP contribution < -0.4 is 10.6 Å². The molecule has 1 atom stereocenters. The molecule has 0 amide bonds. The molecule has 2 heterocycles. The van der Waals surface area contributed by atoms with E-state index in [1.54, 1.807) is 7.11 Å². The monoisotopic (exact) mass is 252 g/mol. The second-order valence-corrected chi connectivity index (χ2v) is 5.11. The van der Waals surface area contributed by atoms with Crippen LogP contribution in [0.4, 0.5) is 11.5 Å². The Morgan fingerprint density at radius 1 is 1.50 bits per heavy atom. The van der Waals surface area contributed by atoms with Gasteiger partial charge in [-0.3, -0.25) is 4.68 Å². The van der Waals surface area contributed by atoms with Crippen LogP contribution in [-0.2, 0) is 18.2 Å². The molecule has 1 fully saturated rings. The fourth-order valence-corrected chi connectivity index (χ4v) is 2.78. The van der Waals surface area contributed by atoms with Crippen LogP contribution in [0.3, 0.4) is 0 Å². The van der Waals surface area contributed by atoms with Crippen LogP contribution in [0, 0.1) is 5.92 Å². The number of hydrogen-bond donors (Lipinski definition) is 1. The second kappa shape index (κ2) is 5.61. The Morgan fingerprint density at radius 3 is 2.94 bits per heavy atom. The van der Waals surface area contributed by atoms with E-state index in [4.69, 9.17) is 10.5 Å². The van der Waals surface area contributed by atoms with Gasteiger partial charge in [-0.2, -0.15) is 5.10 Å². The van der Waals surface area contributed by atoms with E-state index >= 15 is 0 Å². The van der Waals surface area contributed by atoms with Gasteiger partial charge in [0, 0.05) is 33.2 Å². The smallest absolute Gasteiger partial charge is 0.150 e. The first kappa shape index (κ1) is 13.2. The fourth-order valence-electron chi connectivity index (χ4n) is 2.78. The fraction of sp³-hybridized carbons (Fsp3) is 0.769. The SMILES string of the molecule is CCCc1nn(C)c(N2CCC(COC)C2)c1N. The van der Waals surface area contributed by atoms with E-state index in [-0.39, 0.29) is 0 Å². The number of nitrogens with zero attached hydrogens (tertiary/aromatic N) is 3. The molecule has 1 aromatic heterocycles. The normalized spacial score (nSPS) is 19.7. The Kier molecular flexibility index (Phi) is 4.11. The van der Waals surface area contributed by atoms with Crippen molar-refractivity contribution in [3.05, 3.63) is 5.69 Å². The van der Waals surface area contributed by atoms with Gasteiger partial charge in [0.25, 0.3) is 0 Å². The number of hydrogen-bond acceptors (Lipinski definition) is 4. The lowest BCUT2D eigenvalue weighted by atomic mass is 10.1. The van der Waals surface area contributed by atoms with Gasteiger partial charge >= 0.3 is 0 Å². The average molecular weight is 252 g/mol. The van der Waals surface area contributed by atoms with Crippen molar-refractivity contribution in [2.45, 2.75) is 26.2 Å². The molecule has 2 N–H and O–H groups in total. The molecule has 5 nitrogen and oxygen atoms in total. The summed E-state index contributed by atoms with van der Waals surface area (Å²) in [6.07, 6.45) is 3.20. The summed E-state index contributed by atoms with van der Waals surface area (Å²) < 4.78 is 7.16. The van der Waals surface area contributed by atoms with Gasteiger partial charge in [-0.25, -0.2) is 0 Å². The number of nitrogens with two attached hydrogens (primary N) is 1. The highest BCUT2D eigenvalue weighted by Crippen LogP contribution is 2.31. The van der Waals surface area contributed by atoms with Crippen molar-refractivity contribution in [2.75, 3.05) is 37.4 Å². The lowest BCUT2D eigenvalue weighted by molar-refractivity contribution is 0.161. The van der Waals surface area contributed by atoms with Crippen LogP contribution in [0.15, 0.2) is 0 Å². The van der Waals surface area contributed by atoms with Gasteiger partial charge in [0.15, 0.2) is 0 Å². The quantitative estimate of drug-likeness (QED) is 0.861. The largest absolute Gasteiger partial charge is 0.394 e. The van der Waals surface area contributed by atoms with E-state index in [1.165, 1.54) is 6.42 Å². The summed E-state index contributed by atoms with van der Waals surface area (Å²) >= 11 is 0. The summed E-state index contributed by atoms with van der Waals surface area (Å²) in [6, 6.07) is 0. The zero-order valence-electron chi connectivity index (χ0n) is 11.6. The standard InChI is InChI=1S/C13H24N4O/c1-4-5-11-12(14)13(16(2)15-11)17-7-6-10(8-17)9-18-3/h10H,4-9,14H2,1-3H3. The molecule has 1 unspecified atom stereocenters. The number of ether oxygens (including phenoxy) is 1. The van der Waals surface area contributed by atoms with E-state index < -0.39 is 0 Å². The van der Waals surface area contributed by atoms with E-state index in [2.05, 4.69) is 16.9 Å². The molecule has 1 aromatic rings. The molecule has 0 saturated carbocycles. The molecule has 1 aliphatic heterocycles. The molecular weight excluding hydrogens is 228 g/mol. The molecule has 18 heavy (non-hydrogen) atoms. The Morgan fingerprint density at radius 2 is 2.28 bits per heavy atom. The van der Waals surface area contributed by atoms with E-state index in [1.807, 2.05) is 11.7 Å². The van der Waals surface area contributed by atoms with E-state index in [9.17, 15) is 0 Å². The van der Waals surface area contributed by atoms with Gasteiger partial charge in [-0.15, -0.1) is 0 Å². The van der Waals surface area contributed by atoms with Crippen LogP contribution in [0.1, 0.15) is 25.5 Å². The Labute approximate surface area is 109 Å². The molecule has 0 aromatic carbocycles. The topological polar surface area (TPSA) is 56.3 Å². The third-order valence-electron chi connectivity index (χ3n) is 3.60. The zero-order valence-corrected chi connectivity index (χ0v) is 11.6. The van der Waals surface area contributed by atoms with Crippen molar-refractivity contribution >= 4 is 11.5 Å². The molecule has 0 bridgehead atoms.